The topological polar surface area (TPSA) is 86.3 Å². The van der Waals surface area contributed by atoms with Gasteiger partial charge in [-0.1, -0.05) is 35.5 Å². The second-order valence-electron chi connectivity index (χ2n) is 6.22. The van der Waals surface area contributed by atoms with Crippen molar-refractivity contribution in [2.75, 3.05) is 5.32 Å². The van der Waals surface area contributed by atoms with Crippen LogP contribution in [0.5, 0.6) is 0 Å². The Balaban J connectivity index is 1.38. The molecule has 3 aromatic heterocycles. The highest BCUT2D eigenvalue weighted by Crippen LogP contribution is 2.20. The minimum atomic E-state index is 0.620. The summed E-state index contributed by atoms with van der Waals surface area (Å²) in [5.74, 6) is 0.658. The van der Waals surface area contributed by atoms with E-state index in [4.69, 9.17) is 0 Å². The Kier molecular flexibility index (Phi) is 3.98. The molecule has 0 aliphatic heterocycles. The first-order valence-electron chi connectivity index (χ1n) is 8.81. The van der Waals surface area contributed by atoms with Crippen molar-refractivity contribution in [3.63, 3.8) is 0 Å². The largest absolute Gasteiger partial charge is 0.364 e. The number of nitrogens with one attached hydrogen (secondary N) is 1. The van der Waals surface area contributed by atoms with Crippen molar-refractivity contribution in [3.05, 3.63) is 85.2 Å². The molecule has 2 aromatic carbocycles. The molecule has 28 heavy (non-hydrogen) atoms. The van der Waals surface area contributed by atoms with E-state index in [9.17, 15) is 0 Å². The number of anilines is 1. The molecule has 0 unspecified atom stereocenters. The van der Waals surface area contributed by atoms with Gasteiger partial charge in [-0.25, -0.2) is 15.0 Å². The summed E-state index contributed by atoms with van der Waals surface area (Å²) in [4.78, 5) is 12.8. The molecule has 8 heteroatoms. The van der Waals surface area contributed by atoms with Gasteiger partial charge in [-0.3, -0.25) is 0 Å². The first-order valence-corrected chi connectivity index (χ1v) is 8.81. The maximum absolute atomic E-state index is 4.35. The van der Waals surface area contributed by atoms with Crippen molar-refractivity contribution in [2.24, 2.45) is 0 Å². The monoisotopic (exact) mass is 368 g/mol. The van der Waals surface area contributed by atoms with Crippen LogP contribution in [0.1, 0.15) is 5.56 Å². The van der Waals surface area contributed by atoms with E-state index in [0.717, 1.165) is 16.9 Å². The summed E-state index contributed by atoms with van der Waals surface area (Å²) in [6.07, 6.45) is 6.98. The Morgan fingerprint density at radius 3 is 2.54 bits per heavy atom. The molecule has 0 bridgehead atoms. The summed E-state index contributed by atoms with van der Waals surface area (Å²) >= 11 is 0. The maximum atomic E-state index is 4.35. The van der Waals surface area contributed by atoms with Gasteiger partial charge in [0, 0.05) is 24.6 Å². The van der Waals surface area contributed by atoms with E-state index in [0.29, 0.717) is 23.5 Å². The highest BCUT2D eigenvalue weighted by Gasteiger charge is 2.12. The van der Waals surface area contributed by atoms with E-state index in [1.807, 2.05) is 41.1 Å². The minimum Gasteiger partial charge on any atom is -0.364 e. The summed E-state index contributed by atoms with van der Waals surface area (Å²) in [6.45, 7) is 0.620. The molecule has 136 valence electrons. The molecule has 0 saturated carbocycles. The Labute approximate surface area is 160 Å². The Morgan fingerprint density at radius 2 is 1.75 bits per heavy atom. The summed E-state index contributed by atoms with van der Waals surface area (Å²) < 4.78 is 3.68. The summed E-state index contributed by atoms with van der Waals surface area (Å²) in [5, 5.41) is 11.8. The van der Waals surface area contributed by atoms with Crippen LogP contribution in [0.15, 0.2) is 79.6 Å². The van der Waals surface area contributed by atoms with Gasteiger partial charge in [0.1, 0.15) is 6.33 Å². The summed E-state index contributed by atoms with van der Waals surface area (Å²) in [7, 11) is 0. The molecule has 0 fully saturated rings. The molecule has 5 aromatic rings. The smallest absolute Gasteiger partial charge is 0.188 e. The molecule has 0 atom stereocenters. The fourth-order valence-electron chi connectivity index (χ4n) is 3.00. The van der Waals surface area contributed by atoms with Crippen LogP contribution in [0.4, 0.5) is 5.82 Å². The van der Waals surface area contributed by atoms with Gasteiger partial charge in [0.2, 0.25) is 0 Å². The lowest BCUT2D eigenvalue weighted by Crippen LogP contribution is -2.03. The van der Waals surface area contributed by atoms with E-state index in [-0.39, 0.29) is 0 Å². The highest BCUT2D eigenvalue weighted by molar-refractivity contribution is 5.82. The molecule has 0 radical (unpaired) electrons. The molecular formula is C20H16N8. The van der Waals surface area contributed by atoms with Crippen molar-refractivity contribution in [1.29, 1.82) is 0 Å². The van der Waals surface area contributed by atoms with Crippen LogP contribution in [-0.4, -0.2) is 34.5 Å². The van der Waals surface area contributed by atoms with Crippen molar-refractivity contribution in [1.82, 2.24) is 34.5 Å². The van der Waals surface area contributed by atoms with E-state index in [1.54, 1.807) is 17.2 Å². The van der Waals surface area contributed by atoms with E-state index >= 15 is 0 Å². The summed E-state index contributed by atoms with van der Waals surface area (Å²) in [5.41, 5.74) is 4.41. The van der Waals surface area contributed by atoms with Crippen molar-refractivity contribution >= 4 is 17.0 Å². The molecule has 1 N–H and O–H groups in total. The van der Waals surface area contributed by atoms with Crippen LogP contribution in [-0.2, 0) is 6.54 Å². The van der Waals surface area contributed by atoms with E-state index in [2.05, 4.69) is 54.8 Å². The zero-order chi connectivity index (χ0) is 18.8. The minimum absolute atomic E-state index is 0.620. The van der Waals surface area contributed by atoms with Crippen LogP contribution in [0.25, 0.3) is 22.5 Å². The zero-order valence-corrected chi connectivity index (χ0v) is 14.8. The van der Waals surface area contributed by atoms with Crippen LogP contribution >= 0.6 is 0 Å². The number of rotatable bonds is 5. The Bertz CT molecular complexity index is 1190. The standard InChI is InChI=1S/C20H16N8/c1-2-4-17(5-3-1)28-20-18(25-26-28)19(23-13-24-20)22-12-15-6-8-16(9-7-15)27-11-10-21-14-27/h1-11,13-14H,12H2,(H,22,23,24). The number of hydrogen-bond acceptors (Lipinski definition) is 6. The SMILES string of the molecule is c1ccc(-n2nnc3c(NCc4ccc(-n5ccnc5)cc4)ncnc32)cc1. The molecule has 0 amide bonds. The van der Waals surface area contributed by atoms with Crippen LogP contribution in [0, 0.1) is 0 Å². The maximum Gasteiger partial charge on any atom is 0.188 e. The van der Waals surface area contributed by atoms with Crippen LogP contribution in [0.3, 0.4) is 0 Å². The molecule has 3 heterocycles. The first kappa shape index (κ1) is 16.1. The lowest BCUT2D eigenvalue weighted by molar-refractivity contribution is 0.817. The predicted octanol–water partition coefficient (Wildman–Crippen LogP) is 3.01. The Hall–Kier alpha value is -4.07. The fourth-order valence-corrected chi connectivity index (χ4v) is 3.00. The van der Waals surface area contributed by atoms with Gasteiger partial charge in [-0.15, -0.1) is 5.10 Å². The third-order valence-electron chi connectivity index (χ3n) is 4.44. The molecule has 0 saturated heterocycles. The lowest BCUT2D eigenvalue weighted by Gasteiger charge is -2.07. The number of benzene rings is 2. The van der Waals surface area contributed by atoms with Crippen molar-refractivity contribution < 1.29 is 0 Å². The number of nitrogens with zero attached hydrogens (tertiary/aromatic N) is 7. The normalized spacial score (nSPS) is 11.0. The lowest BCUT2D eigenvalue weighted by atomic mass is 10.2. The quantitative estimate of drug-likeness (QED) is 0.513. The number of para-hydroxylation sites is 1. The van der Waals surface area contributed by atoms with Gasteiger partial charge >= 0.3 is 0 Å². The van der Waals surface area contributed by atoms with Gasteiger partial charge in [-0.05, 0) is 29.8 Å². The van der Waals surface area contributed by atoms with Gasteiger partial charge in [-0.2, -0.15) is 4.68 Å². The second-order valence-corrected chi connectivity index (χ2v) is 6.22. The van der Waals surface area contributed by atoms with Gasteiger partial charge in [0.25, 0.3) is 0 Å². The third-order valence-corrected chi connectivity index (χ3v) is 4.44. The molecule has 0 spiro atoms. The van der Waals surface area contributed by atoms with Crippen LogP contribution < -0.4 is 5.32 Å². The van der Waals surface area contributed by atoms with E-state index in [1.165, 1.54) is 6.33 Å². The number of imidazole rings is 1. The first-order chi connectivity index (χ1) is 13.9. The number of aromatic nitrogens is 7. The molecular weight excluding hydrogens is 352 g/mol. The predicted molar refractivity (Wildman–Crippen MR) is 105 cm³/mol. The molecule has 8 nitrogen and oxygen atoms in total. The van der Waals surface area contributed by atoms with Crippen molar-refractivity contribution in [2.45, 2.75) is 6.54 Å². The fraction of sp³-hybridized carbons (Fsp3) is 0.0500. The van der Waals surface area contributed by atoms with Crippen molar-refractivity contribution in [3.8, 4) is 11.4 Å². The molecule has 0 aliphatic carbocycles. The highest BCUT2D eigenvalue weighted by atomic mass is 15.4. The summed E-state index contributed by atoms with van der Waals surface area (Å²) in [6, 6.07) is 18.1. The average molecular weight is 368 g/mol. The number of hydrogen-bond donors (Lipinski definition) is 1. The Morgan fingerprint density at radius 1 is 0.893 bits per heavy atom. The van der Waals surface area contributed by atoms with E-state index < -0.39 is 0 Å². The average Bonchev–Trinajstić information content (AvgIpc) is 3.44. The van der Waals surface area contributed by atoms with Gasteiger partial charge in [0.15, 0.2) is 17.0 Å². The second kappa shape index (κ2) is 6.92. The molecule has 0 aliphatic rings. The van der Waals surface area contributed by atoms with Gasteiger partial charge in [0.05, 0.1) is 12.0 Å². The van der Waals surface area contributed by atoms with Gasteiger partial charge < -0.3 is 9.88 Å². The number of fused-ring (bicyclic) bond motifs is 1. The zero-order valence-electron chi connectivity index (χ0n) is 14.8. The third kappa shape index (κ3) is 2.96. The van der Waals surface area contributed by atoms with Crippen LogP contribution in [0.2, 0.25) is 0 Å². The molecule has 5 rings (SSSR count).